The molecule has 0 saturated carbocycles. The molecular formula is C25H28F3N7O3. The van der Waals surface area contributed by atoms with Gasteiger partial charge in [0.15, 0.2) is 0 Å². The van der Waals surface area contributed by atoms with E-state index in [4.69, 9.17) is 10.00 Å². The van der Waals surface area contributed by atoms with Gasteiger partial charge in [-0.15, -0.1) is 0 Å². The monoisotopic (exact) mass is 531 g/mol. The molecule has 1 amide bonds. The van der Waals surface area contributed by atoms with Crippen LogP contribution in [-0.2, 0) is 15.7 Å². The van der Waals surface area contributed by atoms with Gasteiger partial charge in [0.1, 0.15) is 17.5 Å². The molecule has 13 heteroatoms. The summed E-state index contributed by atoms with van der Waals surface area (Å²) >= 11 is 0. The predicted octanol–water partition coefficient (Wildman–Crippen LogP) is 2.31. The average molecular weight is 532 g/mol. The molecule has 3 fully saturated rings. The van der Waals surface area contributed by atoms with Crippen molar-refractivity contribution in [2.24, 2.45) is 0 Å². The Kier molecular flexibility index (Phi) is 7.25. The summed E-state index contributed by atoms with van der Waals surface area (Å²) in [6, 6.07) is 5.25. The van der Waals surface area contributed by atoms with Gasteiger partial charge in [-0.2, -0.15) is 23.5 Å². The summed E-state index contributed by atoms with van der Waals surface area (Å²) in [5.41, 5.74) is -2.22. The van der Waals surface area contributed by atoms with Gasteiger partial charge in [0.2, 0.25) is 5.91 Å². The molecule has 3 atom stereocenters. The number of aromatic nitrogens is 3. The lowest BCUT2D eigenvalue weighted by atomic mass is 10.0. The molecule has 0 unspecified atom stereocenters. The largest absolute Gasteiger partial charge is 0.423 e. The standard InChI is InChI=1S/C25H28F3N7O3/c26-25(27,28)23-19(15-31-32-24(23)37)35-7-1-2-18(35)20-5-4-17(38-20)12-22(36)34-10-8-33(9-11-34)21-6-3-16(13-29)14-30-21/h3,6,14-15,17-18,20H,1-2,4-5,7-12H2,(H,32,37)/t17-,18-,20+/m0/s1. The second-order valence-electron chi connectivity index (χ2n) is 9.82. The van der Waals surface area contributed by atoms with Crippen LogP contribution in [0.25, 0.3) is 0 Å². The Balaban J connectivity index is 1.16. The highest BCUT2D eigenvalue weighted by Crippen LogP contribution is 2.39. The van der Waals surface area contributed by atoms with Gasteiger partial charge in [0.25, 0.3) is 5.56 Å². The lowest BCUT2D eigenvalue weighted by Crippen LogP contribution is -2.49. The highest BCUT2D eigenvalue weighted by atomic mass is 19.4. The number of rotatable bonds is 5. The van der Waals surface area contributed by atoms with E-state index in [0.717, 1.165) is 12.0 Å². The van der Waals surface area contributed by atoms with E-state index < -0.39 is 17.3 Å². The first-order valence-electron chi connectivity index (χ1n) is 12.7. The molecule has 3 saturated heterocycles. The number of piperazine rings is 1. The number of nitrogens with one attached hydrogen (secondary N) is 1. The van der Waals surface area contributed by atoms with Crippen LogP contribution in [0.5, 0.6) is 0 Å². The summed E-state index contributed by atoms with van der Waals surface area (Å²) in [5.74, 6) is 0.757. The molecule has 2 aromatic rings. The quantitative estimate of drug-likeness (QED) is 0.625. The van der Waals surface area contributed by atoms with Gasteiger partial charge in [0.05, 0.1) is 42.1 Å². The molecule has 0 bridgehead atoms. The number of nitriles is 1. The molecule has 1 N–H and O–H groups in total. The zero-order valence-corrected chi connectivity index (χ0v) is 20.7. The maximum Gasteiger partial charge on any atom is 0.423 e. The summed E-state index contributed by atoms with van der Waals surface area (Å²) in [6.45, 7) is 2.72. The maximum atomic E-state index is 13.6. The molecule has 0 spiro atoms. The van der Waals surface area contributed by atoms with Crippen LogP contribution in [0, 0.1) is 11.3 Å². The van der Waals surface area contributed by atoms with Crippen molar-refractivity contribution in [3.05, 3.63) is 46.0 Å². The highest BCUT2D eigenvalue weighted by Gasteiger charge is 2.44. The number of halogens is 3. The van der Waals surface area contributed by atoms with Crippen LogP contribution in [0.4, 0.5) is 24.7 Å². The van der Waals surface area contributed by atoms with Crippen LogP contribution >= 0.6 is 0 Å². The number of carbonyl (C=O) groups excluding carboxylic acids is 1. The molecule has 5 rings (SSSR count). The van der Waals surface area contributed by atoms with Crippen molar-refractivity contribution in [1.82, 2.24) is 20.1 Å². The SMILES string of the molecule is N#Cc1ccc(N2CCN(C(=O)C[C@@H]3CC[C@H]([C@@H]4CCCN4c4cn[nH]c(=O)c4C(F)(F)F)O3)CC2)nc1. The topological polar surface area (TPSA) is 118 Å². The smallest absolute Gasteiger partial charge is 0.372 e. The molecule has 2 aromatic heterocycles. The number of hydrogen-bond acceptors (Lipinski definition) is 8. The van der Waals surface area contributed by atoms with Crippen molar-refractivity contribution in [2.75, 3.05) is 42.5 Å². The second kappa shape index (κ2) is 10.6. The van der Waals surface area contributed by atoms with Crippen LogP contribution < -0.4 is 15.4 Å². The average Bonchev–Trinajstić information content (AvgIpc) is 3.57. The van der Waals surface area contributed by atoms with E-state index in [9.17, 15) is 22.8 Å². The van der Waals surface area contributed by atoms with Crippen molar-refractivity contribution in [3.63, 3.8) is 0 Å². The minimum Gasteiger partial charge on any atom is -0.372 e. The fraction of sp³-hybridized carbons (Fsp3) is 0.560. The Hall–Kier alpha value is -3.66. The van der Waals surface area contributed by atoms with Crippen molar-refractivity contribution in [2.45, 2.75) is 56.5 Å². The van der Waals surface area contributed by atoms with Crippen LogP contribution in [0.3, 0.4) is 0 Å². The summed E-state index contributed by atoms with van der Waals surface area (Å²) in [4.78, 5) is 34.7. The first-order valence-corrected chi connectivity index (χ1v) is 12.7. The maximum absolute atomic E-state index is 13.6. The Labute approximate surface area is 217 Å². The number of nitrogens with zero attached hydrogens (tertiary/aromatic N) is 6. The number of pyridine rings is 1. The third-order valence-electron chi connectivity index (χ3n) is 7.53. The summed E-state index contributed by atoms with van der Waals surface area (Å²) < 4.78 is 47.1. The molecule has 38 heavy (non-hydrogen) atoms. The Bertz CT molecular complexity index is 1250. The number of ether oxygens (including phenoxy) is 1. The Morgan fingerprint density at radius 1 is 1.13 bits per heavy atom. The van der Waals surface area contributed by atoms with Gasteiger partial charge >= 0.3 is 6.18 Å². The van der Waals surface area contributed by atoms with E-state index in [1.54, 1.807) is 21.9 Å². The third-order valence-corrected chi connectivity index (χ3v) is 7.53. The molecule has 0 radical (unpaired) electrons. The summed E-state index contributed by atoms with van der Waals surface area (Å²) in [7, 11) is 0. The molecule has 10 nitrogen and oxygen atoms in total. The van der Waals surface area contributed by atoms with Crippen molar-refractivity contribution in [3.8, 4) is 6.07 Å². The number of hydrogen-bond donors (Lipinski definition) is 1. The van der Waals surface area contributed by atoms with Gasteiger partial charge in [-0.3, -0.25) is 9.59 Å². The van der Waals surface area contributed by atoms with E-state index in [-0.39, 0.29) is 36.3 Å². The minimum absolute atomic E-state index is 0.00971. The fourth-order valence-electron chi connectivity index (χ4n) is 5.67. The van der Waals surface area contributed by atoms with Crippen molar-refractivity contribution in [1.29, 1.82) is 5.26 Å². The fourth-order valence-corrected chi connectivity index (χ4v) is 5.67. The van der Waals surface area contributed by atoms with Crippen LogP contribution in [0.1, 0.15) is 43.2 Å². The third kappa shape index (κ3) is 5.31. The first-order chi connectivity index (χ1) is 18.2. The van der Waals surface area contributed by atoms with Crippen molar-refractivity contribution >= 4 is 17.4 Å². The van der Waals surface area contributed by atoms with Crippen molar-refractivity contribution < 1.29 is 22.7 Å². The molecular weight excluding hydrogens is 503 g/mol. The summed E-state index contributed by atoms with van der Waals surface area (Å²) in [5, 5.41) is 14.4. The van der Waals surface area contributed by atoms with Gasteiger partial charge < -0.3 is 19.4 Å². The van der Waals surface area contributed by atoms with E-state index >= 15 is 0 Å². The highest BCUT2D eigenvalue weighted by molar-refractivity contribution is 5.77. The van der Waals surface area contributed by atoms with E-state index in [1.807, 2.05) is 11.2 Å². The zero-order chi connectivity index (χ0) is 26.9. The van der Waals surface area contributed by atoms with Crippen LogP contribution in [0.15, 0.2) is 29.3 Å². The predicted molar refractivity (Wildman–Crippen MR) is 130 cm³/mol. The lowest BCUT2D eigenvalue weighted by molar-refractivity contribution is -0.138. The molecule has 5 heterocycles. The molecule has 202 valence electrons. The number of aromatic amines is 1. The molecule has 3 aliphatic rings. The van der Waals surface area contributed by atoms with Gasteiger partial charge in [0, 0.05) is 38.9 Å². The van der Waals surface area contributed by atoms with Gasteiger partial charge in [-0.1, -0.05) is 0 Å². The minimum atomic E-state index is -4.80. The molecule has 0 aromatic carbocycles. The normalized spacial score (nSPS) is 24.1. The van der Waals surface area contributed by atoms with Gasteiger partial charge in [-0.25, -0.2) is 10.1 Å². The van der Waals surface area contributed by atoms with E-state index in [2.05, 4.69) is 15.0 Å². The van der Waals surface area contributed by atoms with Crippen LogP contribution in [0.2, 0.25) is 0 Å². The number of amides is 1. The van der Waals surface area contributed by atoms with Gasteiger partial charge in [-0.05, 0) is 37.8 Å². The number of carbonyl (C=O) groups is 1. The van der Waals surface area contributed by atoms with Crippen LogP contribution in [-0.4, -0.2) is 77.0 Å². The number of alkyl halides is 3. The molecule has 3 aliphatic heterocycles. The number of H-pyrrole nitrogens is 1. The zero-order valence-electron chi connectivity index (χ0n) is 20.7. The Morgan fingerprint density at radius 3 is 2.61 bits per heavy atom. The Morgan fingerprint density at radius 2 is 1.92 bits per heavy atom. The number of anilines is 2. The van der Waals surface area contributed by atoms with E-state index in [1.165, 1.54) is 6.20 Å². The summed E-state index contributed by atoms with van der Waals surface area (Å²) in [6.07, 6.45) is -0.0119. The second-order valence-corrected chi connectivity index (χ2v) is 9.82. The first kappa shape index (κ1) is 26.0. The molecule has 0 aliphatic carbocycles. The van der Waals surface area contributed by atoms with E-state index in [0.29, 0.717) is 64.0 Å². The lowest BCUT2D eigenvalue weighted by Gasteiger charge is -2.36.